The van der Waals surface area contributed by atoms with Crippen LogP contribution in [0.2, 0.25) is 5.02 Å². The molecule has 1 aliphatic heterocycles. The molecule has 4 amide bonds. The van der Waals surface area contributed by atoms with E-state index in [1.807, 2.05) is 0 Å². The van der Waals surface area contributed by atoms with E-state index in [1.165, 1.54) is 46.9 Å². The number of amides is 4. The number of halogens is 4. The van der Waals surface area contributed by atoms with Gasteiger partial charge in [0.1, 0.15) is 0 Å². The average Bonchev–Trinajstić information content (AvgIpc) is 3.63. The Bertz CT molecular complexity index is 1660. The minimum atomic E-state index is -4.68. The van der Waals surface area contributed by atoms with Gasteiger partial charge < -0.3 is 35.8 Å². The quantitative estimate of drug-likeness (QED) is 0.287. The summed E-state index contributed by atoms with van der Waals surface area (Å²) in [5.41, 5.74) is 5.19. The maximum atomic E-state index is 13.7. The number of nitrogens with zero attached hydrogens (tertiary/aromatic N) is 6. The Kier molecular flexibility index (Phi) is 9.76. The molecule has 5 N–H and O–H groups in total. The third-order valence-corrected chi connectivity index (χ3v) is 8.51. The third-order valence-electron chi connectivity index (χ3n) is 8.20. The van der Waals surface area contributed by atoms with E-state index >= 15 is 0 Å². The number of alkyl halides is 3. The van der Waals surface area contributed by atoms with E-state index in [0.717, 1.165) is 25.7 Å². The minimum absolute atomic E-state index is 0.0616. The van der Waals surface area contributed by atoms with E-state index < -0.39 is 17.8 Å². The van der Waals surface area contributed by atoms with Crippen LogP contribution in [0.25, 0.3) is 11.3 Å². The van der Waals surface area contributed by atoms with Crippen LogP contribution in [0.1, 0.15) is 58.4 Å². The molecule has 252 valence electrons. The number of hydrogen-bond donors (Lipinski definition) is 4. The highest BCUT2D eigenvalue weighted by Crippen LogP contribution is 2.41. The molecule has 0 unspecified atom stereocenters. The van der Waals surface area contributed by atoms with E-state index in [0.29, 0.717) is 26.2 Å². The first-order chi connectivity index (χ1) is 22.3. The van der Waals surface area contributed by atoms with Crippen LogP contribution >= 0.6 is 11.6 Å². The van der Waals surface area contributed by atoms with Gasteiger partial charge in [-0.05, 0) is 43.9 Å². The number of nitrogens with one attached hydrogen (secondary N) is 2. The van der Waals surface area contributed by atoms with E-state index in [4.69, 9.17) is 27.2 Å². The maximum absolute atomic E-state index is 13.7. The maximum Gasteiger partial charge on any atom is 0.435 e. The summed E-state index contributed by atoms with van der Waals surface area (Å²) in [5.74, 6) is -1.10. The highest BCUT2D eigenvalue weighted by atomic mass is 35.5. The molecule has 47 heavy (non-hydrogen) atoms. The molecular formula is C29H33ClF3N9O5. The van der Waals surface area contributed by atoms with Gasteiger partial charge in [0.15, 0.2) is 11.5 Å². The summed E-state index contributed by atoms with van der Waals surface area (Å²) < 4.78 is 43.8. The molecule has 14 nitrogen and oxygen atoms in total. The van der Waals surface area contributed by atoms with Crippen molar-refractivity contribution in [1.29, 1.82) is 0 Å². The van der Waals surface area contributed by atoms with Crippen molar-refractivity contribution in [2.24, 2.45) is 12.8 Å². The number of carbonyl (C=O) groups is 4. The number of aromatic nitrogens is 4. The summed E-state index contributed by atoms with van der Waals surface area (Å²) >= 11 is 6.43. The van der Waals surface area contributed by atoms with Crippen LogP contribution in [0, 0.1) is 0 Å². The Hall–Kier alpha value is -4.64. The van der Waals surface area contributed by atoms with Gasteiger partial charge in [-0.25, -0.2) is 9.78 Å². The summed E-state index contributed by atoms with van der Waals surface area (Å²) in [5, 5.41) is 16.4. The first kappa shape index (κ1) is 33.7. The van der Waals surface area contributed by atoms with Gasteiger partial charge in [0.2, 0.25) is 0 Å². The second-order valence-electron chi connectivity index (χ2n) is 11.5. The number of urea groups is 1. The molecule has 6 rings (SSSR count). The van der Waals surface area contributed by atoms with E-state index in [2.05, 4.69) is 20.7 Å². The normalized spacial score (nSPS) is 19.3. The van der Waals surface area contributed by atoms with Gasteiger partial charge >= 0.3 is 12.2 Å². The third kappa shape index (κ3) is 7.51. The molecule has 2 saturated carbocycles. The van der Waals surface area contributed by atoms with Crippen molar-refractivity contribution in [3.63, 3.8) is 0 Å². The first-order valence-corrected chi connectivity index (χ1v) is 15.2. The Morgan fingerprint density at radius 1 is 1.11 bits per heavy atom. The van der Waals surface area contributed by atoms with Crippen molar-refractivity contribution in [2.45, 2.75) is 50.0 Å². The van der Waals surface area contributed by atoms with Gasteiger partial charge in [-0.2, -0.15) is 18.3 Å². The molecule has 0 atom stereocenters. The van der Waals surface area contributed by atoms with Gasteiger partial charge in [-0.3, -0.25) is 19.1 Å². The summed E-state index contributed by atoms with van der Waals surface area (Å²) in [4.78, 5) is 54.4. The lowest BCUT2D eigenvalue weighted by molar-refractivity contribution is -0.141. The number of anilines is 1. The smallest absolute Gasteiger partial charge is 0.435 e. The molecule has 3 aliphatic rings. The fourth-order valence-electron chi connectivity index (χ4n) is 5.47. The van der Waals surface area contributed by atoms with Crippen LogP contribution in [-0.4, -0.2) is 96.8 Å². The molecule has 3 fully saturated rings. The molecule has 18 heteroatoms. The monoisotopic (exact) mass is 679 g/mol. The fraction of sp³-hybridized carbons (Fsp3) is 0.448. The SMILES string of the molecule is Cn1c(-c2cn(C3CC3)nc2C(F)(F)F)cnc1C(=O)Nc1ccc(C(=O)N2CCN(C(=O)NC3CC(N)C3)CC2)c(Cl)c1.O=CO. The van der Waals surface area contributed by atoms with Crippen molar-refractivity contribution in [2.75, 3.05) is 31.5 Å². The van der Waals surface area contributed by atoms with Crippen LogP contribution < -0.4 is 16.4 Å². The second kappa shape index (κ2) is 13.6. The molecule has 1 saturated heterocycles. The van der Waals surface area contributed by atoms with E-state index in [9.17, 15) is 27.6 Å². The Morgan fingerprint density at radius 3 is 2.32 bits per heavy atom. The molecule has 2 aliphatic carbocycles. The van der Waals surface area contributed by atoms with Crippen molar-refractivity contribution in [3.8, 4) is 11.3 Å². The number of rotatable bonds is 6. The van der Waals surface area contributed by atoms with E-state index in [-0.39, 0.29) is 69.9 Å². The van der Waals surface area contributed by atoms with Crippen LogP contribution in [0.5, 0.6) is 0 Å². The Balaban J connectivity index is 0.00000139. The van der Waals surface area contributed by atoms with Crippen molar-refractivity contribution >= 4 is 41.6 Å². The Labute approximate surface area is 271 Å². The van der Waals surface area contributed by atoms with Gasteiger partial charge in [-0.1, -0.05) is 11.6 Å². The highest BCUT2D eigenvalue weighted by Gasteiger charge is 2.40. The zero-order valence-electron chi connectivity index (χ0n) is 25.2. The standard InChI is InChI=1S/C28H31ClF3N9O3.CH2O2/c1-38-22(20-14-41(18-3-4-18)37-23(20)28(30,31)32)13-34-24(38)25(42)35-16-2-5-19(21(29)12-16)26(43)39-6-8-40(9-7-39)27(44)36-17-10-15(33)11-17;2-1-3/h2,5,12-15,17-18H,3-4,6-11,33H2,1H3,(H,35,42)(H,36,44);1H,(H,2,3). The number of carbonyl (C=O) groups excluding carboxylic acids is 3. The number of imidazole rings is 1. The topological polar surface area (TPSA) is 181 Å². The van der Waals surface area contributed by atoms with Crippen molar-refractivity contribution in [1.82, 2.24) is 34.4 Å². The molecule has 2 aromatic heterocycles. The van der Waals surface area contributed by atoms with Crippen LogP contribution in [0.15, 0.2) is 30.6 Å². The Morgan fingerprint density at radius 2 is 1.74 bits per heavy atom. The van der Waals surface area contributed by atoms with Crippen LogP contribution in [0.4, 0.5) is 23.7 Å². The number of hydrogen-bond acceptors (Lipinski definition) is 7. The molecule has 0 spiro atoms. The summed E-state index contributed by atoms with van der Waals surface area (Å²) in [6.07, 6.45) is 0.917. The molecule has 3 heterocycles. The van der Waals surface area contributed by atoms with Crippen LogP contribution in [0.3, 0.4) is 0 Å². The molecule has 3 aromatic rings. The minimum Gasteiger partial charge on any atom is -0.483 e. The van der Waals surface area contributed by atoms with Gasteiger partial charge in [-0.15, -0.1) is 0 Å². The van der Waals surface area contributed by atoms with Gasteiger partial charge in [0.05, 0.1) is 34.1 Å². The predicted molar refractivity (Wildman–Crippen MR) is 163 cm³/mol. The fourth-order valence-corrected chi connectivity index (χ4v) is 5.73. The highest BCUT2D eigenvalue weighted by molar-refractivity contribution is 6.34. The van der Waals surface area contributed by atoms with Crippen molar-refractivity contribution < 1.29 is 37.5 Å². The molecule has 1 aromatic carbocycles. The number of nitrogens with two attached hydrogens (primary N) is 1. The van der Waals surface area contributed by atoms with Gasteiger partial charge in [0, 0.05) is 57.2 Å². The number of piperazine rings is 1. The lowest BCUT2D eigenvalue weighted by atomic mass is 9.88. The summed E-state index contributed by atoms with van der Waals surface area (Å²) in [7, 11) is 1.45. The number of benzene rings is 1. The summed E-state index contributed by atoms with van der Waals surface area (Å²) in [6, 6.07) is 4.42. The first-order valence-electron chi connectivity index (χ1n) is 14.8. The zero-order chi connectivity index (χ0) is 34.0. The molecular weight excluding hydrogens is 647 g/mol. The average molecular weight is 680 g/mol. The number of carboxylic acid groups (broad SMARTS) is 1. The molecule has 0 radical (unpaired) electrons. The van der Waals surface area contributed by atoms with Crippen molar-refractivity contribution in [3.05, 3.63) is 52.7 Å². The van der Waals surface area contributed by atoms with E-state index in [1.54, 1.807) is 9.80 Å². The largest absolute Gasteiger partial charge is 0.483 e. The lowest BCUT2D eigenvalue weighted by Gasteiger charge is -2.38. The van der Waals surface area contributed by atoms with Gasteiger partial charge in [0.25, 0.3) is 18.3 Å². The molecule has 0 bridgehead atoms. The zero-order valence-corrected chi connectivity index (χ0v) is 26.0. The summed E-state index contributed by atoms with van der Waals surface area (Å²) in [6.45, 7) is 1.17. The predicted octanol–water partition coefficient (Wildman–Crippen LogP) is 3.20. The second-order valence-corrected chi connectivity index (χ2v) is 11.9. The lowest BCUT2D eigenvalue weighted by Crippen LogP contribution is -2.57. The van der Waals surface area contributed by atoms with Crippen LogP contribution in [-0.2, 0) is 18.0 Å².